The van der Waals surface area contributed by atoms with Crippen molar-refractivity contribution in [2.45, 2.75) is 155 Å². The van der Waals surface area contributed by atoms with Gasteiger partial charge in [0.05, 0.1) is 0 Å². The van der Waals surface area contributed by atoms with Crippen LogP contribution in [0.2, 0.25) is 11.8 Å². The molecule has 0 N–H and O–H groups in total. The summed E-state index contributed by atoms with van der Waals surface area (Å²) in [5, 5.41) is 0. The first-order valence-electron chi connectivity index (χ1n) is 17.9. The van der Waals surface area contributed by atoms with Gasteiger partial charge in [0.2, 0.25) is 11.4 Å². The van der Waals surface area contributed by atoms with E-state index in [9.17, 15) is 5.53 Å². The van der Waals surface area contributed by atoms with Gasteiger partial charge in [-0.1, -0.05) is 139 Å². The van der Waals surface area contributed by atoms with Gasteiger partial charge >= 0.3 is 26.2 Å². The molecular weight excluding hydrogens is 591 g/mol. The Hall–Kier alpha value is -2.43. The van der Waals surface area contributed by atoms with Crippen LogP contribution in [0.25, 0.3) is 16.9 Å². The van der Waals surface area contributed by atoms with Gasteiger partial charge in [0.25, 0.3) is 0 Å². The van der Waals surface area contributed by atoms with E-state index in [1.807, 2.05) is 0 Å². The van der Waals surface area contributed by atoms with E-state index in [2.05, 4.69) is 99.9 Å². The van der Waals surface area contributed by atoms with Gasteiger partial charge < -0.3 is 5.53 Å². The summed E-state index contributed by atoms with van der Waals surface area (Å²) in [6.45, 7) is 8.89. The van der Waals surface area contributed by atoms with Gasteiger partial charge in [0, 0.05) is 23.1 Å². The van der Waals surface area contributed by atoms with Crippen LogP contribution in [0.5, 0.6) is 0 Å². The number of hydrogen-bond acceptors (Lipinski definition) is 0. The Morgan fingerprint density at radius 3 is 1.84 bits per heavy atom. The molecule has 2 aromatic carbocycles. The molecule has 0 bridgehead atoms. The fraction of sp³-hybridized carbons (Fsp3) is 0.571. The molecule has 3 heteroatoms. The zero-order valence-electron chi connectivity index (χ0n) is 29.6. The minimum atomic E-state index is 0.855. The van der Waals surface area contributed by atoms with E-state index < -0.39 is 0 Å². The quantitative estimate of drug-likeness (QED) is 0.0624. The fourth-order valence-electron chi connectivity index (χ4n) is 5.92. The van der Waals surface area contributed by atoms with Gasteiger partial charge in [-0.25, -0.2) is 4.70 Å². The van der Waals surface area contributed by atoms with Gasteiger partial charge in [0.15, 0.2) is 0 Å². The summed E-state index contributed by atoms with van der Waals surface area (Å²) < 4.78 is 1.46. The van der Waals surface area contributed by atoms with Crippen molar-refractivity contribution < 1.29 is 19.1 Å². The third-order valence-corrected chi connectivity index (χ3v) is 8.49. The molecule has 0 spiro atoms. The molecule has 2 aromatic rings. The average Bonchev–Trinajstić information content (AvgIpc) is 3.32. The van der Waals surface area contributed by atoms with Gasteiger partial charge in [-0.05, 0) is 68.9 Å². The van der Waals surface area contributed by atoms with Crippen molar-refractivity contribution in [3.8, 4) is 11.8 Å². The number of hydrogen-bond donors (Lipinski definition) is 0. The monoisotopic (exact) mass is 652 g/mol. The van der Waals surface area contributed by atoms with E-state index in [0.29, 0.717) is 0 Å². The van der Waals surface area contributed by atoms with Gasteiger partial charge in [0.1, 0.15) is 5.57 Å². The van der Waals surface area contributed by atoms with Crippen LogP contribution in [0.15, 0.2) is 59.7 Å². The summed E-state index contributed by atoms with van der Waals surface area (Å²) in [5.74, 6) is 11.3. The molecule has 0 fully saturated rings. The van der Waals surface area contributed by atoms with Crippen molar-refractivity contribution in [2.24, 2.45) is 0 Å². The van der Waals surface area contributed by atoms with E-state index in [1.54, 1.807) is 14.4 Å². The standard InChI is InChI=1S/C40H56N2.2CH3.Ni/c1-5-8-11-13-15-16-17-19-21-27-38-37(26-10-7-3)39(35-30-28-33(4)29-31-35)42(41)40(38)36-25-22-24-34(32-36)23-20-18-14-12-9-6-2;;;/h22,24-25,28-32H,5-20,23,26H2,1-4H3;2*1H3;. The van der Waals surface area contributed by atoms with Gasteiger partial charge in [-0.15, -0.1) is 0 Å². The van der Waals surface area contributed by atoms with Crippen molar-refractivity contribution in [1.82, 2.24) is 0 Å². The Labute approximate surface area is 283 Å². The Morgan fingerprint density at radius 2 is 1.22 bits per heavy atom. The second-order valence-corrected chi connectivity index (χ2v) is 13.5. The van der Waals surface area contributed by atoms with Crippen LogP contribution >= 0.6 is 0 Å². The molecule has 0 radical (unpaired) electrons. The molecule has 0 aliphatic carbocycles. The molecule has 45 heavy (non-hydrogen) atoms. The molecular formula is C42H62N2Ni. The SMILES string of the molecule is CCCCCCCCCC#CC1=C(c2cccc(CCCCCCCC)c2)[N+](=[N-])C(c2ccc(C)cc2)=C1CCCC.[CH3][Ni][CH3]. The van der Waals surface area contributed by atoms with Crippen molar-refractivity contribution in [2.75, 3.05) is 0 Å². The average molecular weight is 654 g/mol. The van der Waals surface area contributed by atoms with Crippen LogP contribution in [0.3, 0.4) is 0 Å². The Balaban J connectivity index is 0.00000226. The number of unbranched alkanes of at least 4 members (excludes halogenated alkanes) is 13. The molecule has 0 unspecified atom stereocenters. The summed E-state index contributed by atoms with van der Waals surface area (Å²) in [6, 6.07) is 17.4. The van der Waals surface area contributed by atoms with Crippen LogP contribution in [0, 0.1) is 18.8 Å². The maximum absolute atomic E-state index is 11.8. The van der Waals surface area contributed by atoms with Crippen LogP contribution in [-0.4, -0.2) is 4.70 Å². The molecule has 1 aliphatic rings. The van der Waals surface area contributed by atoms with Crippen molar-refractivity contribution in [3.63, 3.8) is 0 Å². The maximum atomic E-state index is 11.8. The topological polar surface area (TPSA) is 25.3 Å². The van der Waals surface area contributed by atoms with Crippen LogP contribution in [0.4, 0.5) is 0 Å². The van der Waals surface area contributed by atoms with Crippen molar-refractivity contribution >= 4 is 11.4 Å². The number of nitrogens with zero attached hydrogens (tertiary/aromatic N) is 2. The summed E-state index contributed by atoms with van der Waals surface area (Å²) in [6.07, 6.45) is 22.0. The normalized spacial score (nSPS) is 12.8. The van der Waals surface area contributed by atoms with E-state index in [1.165, 1.54) is 98.4 Å². The number of rotatable bonds is 19. The van der Waals surface area contributed by atoms with Crippen LogP contribution in [-0.2, 0) is 20.9 Å². The summed E-state index contributed by atoms with van der Waals surface area (Å²) in [7, 11) is 0. The summed E-state index contributed by atoms with van der Waals surface area (Å²) in [5.41, 5.74) is 20.5. The van der Waals surface area contributed by atoms with E-state index in [-0.39, 0.29) is 0 Å². The number of benzene rings is 2. The predicted octanol–water partition coefficient (Wildman–Crippen LogP) is 13.6. The summed E-state index contributed by atoms with van der Waals surface area (Å²) in [4.78, 5) is 0. The molecule has 0 atom stereocenters. The Bertz CT molecular complexity index is 1260. The van der Waals surface area contributed by atoms with Crippen molar-refractivity contribution in [1.29, 1.82) is 0 Å². The fourth-order valence-corrected chi connectivity index (χ4v) is 5.92. The first-order chi connectivity index (χ1) is 22.0. The van der Waals surface area contributed by atoms with E-state index >= 15 is 0 Å². The Kier molecular flexibility index (Phi) is 20.5. The first-order valence-corrected chi connectivity index (χ1v) is 19.8. The second kappa shape index (κ2) is 23.8. The molecule has 1 aliphatic heterocycles. The third-order valence-electron chi connectivity index (χ3n) is 8.49. The third kappa shape index (κ3) is 13.8. The van der Waals surface area contributed by atoms with E-state index in [4.69, 9.17) is 0 Å². The van der Waals surface area contributed by atoms with E-state index in [0.717, 1.165) is 66.6 Å². The summed E-state index contributed by atoms with van der Waals surface area (Å²) >= 11 is 1.62. The molecule has 2 nitrogen and oxygen atoms in total. The first kappa shape index (κ1) is 38.8. The van der Waals surface area contributed by atoms with Crippen LogP contribution < -0.4 is 0 Å². The predicted molar refractivity (Wildman–Crippen MR) is 194 cm³/mol. The minimum absolute atomic E-state index is 0.855. The Morgan fingerprint density at radius 1 is 0.644 bits per heavy atom. The second-order valence-electron chi connectivity index (χ2n) is 12.5. The zero-order valence-corrected chi connectivity index (χ0v) is 30.5. The number of allylic oxidation sites excluding steroid dienone is 2. The molecule has 0 aromatic heterocycles. The molecule has 3 rings (SSSR count). The molecule has 250 valence electrons. The number of aryl methyl sites for hydroxylation is 2. The zero-order chi connectivity index (χ0) is 32.7. The molecule has 0 amide bonds. The van der Waals surface area contributed by atoms with Crippen molar-refractivity contribution in [3.05, 3.63) is 87.5 Å². The molecule has 0 saturated heterocycles. The van der Waals surface area contributed by atoms with Crippen LogP contribution in [0.1, 0.15) is 152 Å². The van der Waals surface area contributed by atoms with Gasteiger partial charge in [-0.3, -0.25) is 0 Å². The molecule has 1 heterocycles. The molecule has 0 saturated carbocycles. The van der Waals surface area contributed by atoms with Gasteiger partial charge in [-0.2, -0.15) is 0 Å².